The standard InChI is InChI=1S/C18H18O4/c1-3-21-18(20)17-10-8-16(9-11-17)15-6-4-14(5-7-15)13(2)22-12-19/h4-13H,3H2,1-2H3. The molecule has 4 heteroatoms. The van der Waals surface area contributed by atoms with Crippen LogP contribution in [0.25, 0.3) is 11.1 Å². The van der Waals surface area contributed by atoms with E-state index in [-0.39, 0.29) is 12.1 Å². The van der Waals surface area contributed by atoms with Crippen LogP contribution in [0.2, 0.25) is 0 Å². The molecule has 0 aliphatic carbocycles. The number of hydrogen-bond donors (Lipinski definition) is 0. The molecule has 0 saturated heterocycles. The summed E-state index contributed by atoms with van der Waals surface area (Å²) in [6, 6.07) is 15.0. The molecule has 4 nitrogen and oxygen atoms in total. The van der Waals surface area contributed by atoms with Crippen molar-refractivity contribution in [3.05, 3.63) is 59.7 Å². The van der Waals surface area contributed by atoms with Gasteiger partial charge in [0.05, 0.1) is 12.2 Å². The highest BCUT2D eigenvalue weighted by Gasteiger charge is 2.08. The highest BCUT2D eigenvalue weighted by atomic mass is 16.5. The van der Waals surface area contributed by atoms with Crippen LogP contribution in [0.1, 0.15) is 35.9 Å². The van der Waals surface area contributed by atoms with E-state index in [0.717, 1.165) is 16.7 Å². The summed E-state index contributed by atoms with van der Waals surface area (Å²) in [7, 11) is 0. The molecular formula is C18H18O4. The van der Waals surface area contributed by atoms with Gasteiger partial charge in [-0.25, -0.2) is 4.79 Å². The lowest BCUT2D eigenvalue weighted by atomic mass is 10.0. The van der Waals surface area contributed by atoms with E-state index in [1.807, 2.05) is 43.3 Å². The van der Waals surface area contributed by atoms with Crippen molar-refractivity contribution in [3.63, 3.8) is 0 Å². The predicted molar refractivity (Wildman–Crippen MR) is 83.4 cm³/mol. The van der Waals surface area contributed by atoms with Crippen molar-refractivity contribution in [1.29, 1.82) is 0 Å². The largest absolute Gasteiger partial charge is 0.462 e. The molecule has 0 fully saturated rings. The summed E-state index contributed by atoms with van der Waals surface area (Å²) in [5.41, 5.74) is 3.50. The zero-order chi connectivity index (χ0) is 15.9. The fourth-order valence-electron chi connectivity index (χ4n) is 2.12. The molecular weight excluding hydrogens is 280 g/mol. The highest BCUT2D eigenvalue weighted by Crippen LogP contribution is 2.23. The first kappa shape index (κ1) is 15.8. The molecule has 1 unspecified atom stereocenters. The lowest BCUT2D eigenvalue weighted by Gasteiger charge is -2.10. The van der Waals surface area contributed by atoms with E-state index in [9.17, 15) is 9.59 Å². The minimum atomic E-state index is -0.316. The molecule has 0 aromatic heterocycles. The van der Waals surface area contributed by atoms with E-state index in [0.29, 0.717) is 18.6 Å². The van der Waals surface area contributed by atoms with Gasteiger partial charge in [0, 0.05) is 0 Å². The van der Waals surface area contributed by atoms with Crippen LogP contribution in [0.4, 0.5) is 0 Å². The fourth-order valence-corrected chi connectivity index (χ4v) is 2.12. The van der Waals surface area contributed by atoms with Gasteiger partial charge in [0.1, 0.15) is 6.10 Å². The molecule has 2 aromatic carbocycles. The summed E-state index contributed by atoms with van der Waals surface area (Å²) in [6.45, 7) is 4.41. The van der Waals surface area contributed by atoms with E-state index in [1.54, 1.807) is 19.1 Å². The van der Waals surface area contributed by atoms with Gasteiger partial charge in [0.2, 0.25) is 0 Å². The summed E-state index contributed by atoms with van der Waals surface area (Å²) < 4.78 is 9.86. The first-order valence-corrected chi connectivity index (χ1v) is 7.12. The maximum atomic E-state index is 11.6. The molecule has 0 saturated carbocycles. The number of carbonyl (C=O) groups excluding carboxylic acids is 2. The Morgan fingerprint density at radius 3 is 2.09 bits per heavy atom. The topological polar surface area (TPSA) is 52.6 Å². The molecule has 2 rings (SSSR count). The van der Waals surface area contributed by atoms with Gasteiger partial charge in [0.25, 0.3) is 6.47 Å². The molecule has 0 amide bonds. The van der Waals surface area contributed by atoms with Crippen molar-refractivity contribution in [3.8, 4) is 11.1 Å². The van der Waals surface area contributed by atoms with E-state index >= 15 is 0 Å². The van der Waals surface area contributed by atoms with Crippen LogP contribution in [0.5, 0.6) is 0 Å². The van der Waals surface area contributed by atoms with Gasteiger partial charge in [-0.2, -0.15) is 0 Å². The zero-order valence-electron chi connectivity index (χ0n) is 12.6. The van der Waals surface area contributed by atoms with Gasteiger partial charge in [-0.3, -0.25) is 4.79 Å². The zero-order valence-corrected chi connectivity index (χ0v) is 12.6. The monoisotopic (exact) mass is 298 g/mol. The minimum Gasteiger partial charge on any atom is -0.462 e. The molecule has 0 bridgehead atoms. The van der Waals surface area contributed by atoms with Gasteiger partial charge in [-0.1, -0.05) is 36.4 Å². The second-order valence-corrected chi connectivity index (χ2v) is 4.79. The Balaban J connectivity index is 2.15. The van der Waals surface area contributed by atoms with Gasteiger partial charge >= 0.3 is 5.97 Å². The Bertz CT molecular complexity index is 629. The normalized spacial score (nSPS) is 11.5. The maximum absolute atomic E-state index is 11.6. The molecule has 114 valence electrons. The third-order valence-corrected chi connectivity index (χ3v) is 3.37. The molecule has 2 aromatic rings. The van der Waals surface area contributed by atoms with Crippen LogP contribution in [0, 0.1) is 0 Å². The average molecular weight is 298 g/mol. The molecule has 22 heavy (non-hydrogen) atoms. The van der Waals surface area contributed by atoms with E-state index in [4.69, 9.17) is 9.47 Å². The molecule has 0 N–H and O–H groups in total. The summed E-state index contributed by atoms with van der Waals surface area (Å²) in [5.74, 6) is -0.316. The Morgan fingerprint density at radius 2 is 1.59 bits per heavy atom. The van der Waals surface area contributed by atoms with Crippen LogP contribution >= 0.6 is 0 Å². The Labute approximate surface area is 129 Å². The maximum Gasteiger partial charge on any atom is 0.338 e. The van der Waals surface area contributed by atoms with Crippen molar-refractivity contribution in [2.75, 3.05) is 6.61 Å². The molecule has 0 aliphatic rings. The third kappa shape index (κ3) is 3.73. The molecule has 0 heterocycles. The van der Waals surface area contributed by atoms with Gasteiger partial charge < -0.3 is 9.47 Å². The van der Waals surface area contributed by atoms with Crippen LogP contribution in [-0.2, 0) is 14.3 Å². The van der Waals surface area contributed by atoms with Crippen molar-refractivity contribution < 1.29 is 19.1 Å². The summed E-state index contributed by atoms with van der Waals surface area (Å²) in [5, 5.41) is 0. The van der Waals surface area contributed by atoms with E-state index in [2.05, 4.69) is 0 Å². The third-order valence-electron chi connectivity index (χ3n) is 3.37. The van der Waals surface area contributed by atoms with Crippen molar-refractivity contribution in [1.82, 2.24) is 0 Å². The van der Waals surface area contributed by atoms with E-state index < -0.39 is 0 Å². The van der Waals surface area contributed by atoms with Crippen LogP contribution in [0.3, 0.4) is 0 Å². The lowest BCUT2D eigenvalue weighted by Crippen LogP contribution is -2.04. The smallest absolute Gasteiger partial charge is 0.338 e. The first-order valence-electron chi connectivity index (χ1n) is 7.12. The fraction of sp³-hybridized carbons (Fsp3) is 0.222. The Morgan fingerprint density at radius 1 is 1.05 bits per heavy atom. The highest BCUT2D eigenvalue weighted by molar-refractivity contribution is 5.90. The SMILES string of the molecule is CCOC(=O)c1ccc(-c2ccc(C(C)OC=O)cc2)cc1. The number of benzene rings is 2. The lowest BCUT2D eigenvalue weighted by molar-refractivity contribution is -0.133. The van der Waals surface area contributed by atoms with Crippen molar-refractivity contribution in [2.24, 2.45) is 0 Å². The number of ether oxygens (including phenoxy) is 2. The molecule has 0 spiro atoms. The number of rotatable bonds is 6. The van der Waals surface area contributed by atoms with Crippen LogP contribution in [0.15, 0.2) is 48.5 Å². The quantitative estimate of drug-likeness (QED) is 0.602. The predicted octanol–water partition coefficient (Wildman–Crippen LogP) is 3.76. The average Bonchev–Trinajstić information content (AvgIpc) is 2.55. The number of esters is 1. The minimum absolute atomic E-state index is 0.266. The van der Waals surface area contributed by atoms with Gasteiger partial charge in [-0.05, 0) is 42.7 Å². The summed E-state index contributed by atoms with van der Waals surface area (Å²) in [4.78, 5) is 22.0. The molecule has 0 radical (unpaired) electrons. The van der Waals surface area contributed by atoms with Crippen molar-refractivity contribution in [2.45, 2.75) is 20.0 Å². The molecule has 1 atom stereocenters. The Kier molecular flexibility index (Phi) is 5.31. The van der Waals surface area contributed by atoms with Gasteiger partial charge in [-0.15, -0.1) is 0 Å². The number of carbonyl (C=O) groups is 2. The second kappa shape index (κ2) is 7.41. The second-order valence-electron chi connectivity index (χ2n) is 4.79. The Hall–Kier alpha value is -2.62. The van der Waals surface area contributed by atoms with Crippen LogP contribution in [-0.4, -0.2) is 19.0 Å². The summed E-state index contributed by atoms with van der Waals surface area (Å²) in [6.07, 6.45) is -0.266. The van der Waals surface area contributed by atoms with E-state index in [1.165, 1.54) is 0 Å². The summed E-state index contributed by atoms with van der Waals surface area (Å²) >= 11 is 0. The van der Waals surface area contributed by atoms with Crippen molar-refractivity contribution >= 4 is 12.4 Å². The first-order chi connectivity index (χ1) is 10.7. The molecule has 0 aliphatic heterocycles. The van der Waals surface area contributed by atoms with Crippen LogP contribution < -0.4 is 0 Å². The van der Waals surface area contributed by atoms with Gasteiger partial charge in [0.15, 0.2) is 0 Å². The number of hydrogen-bond acceptors (Lipinski definition) is 4.